The van der Waals surface area contributed by atoms with Gasteiger partial charge in [0.15, 0.2) is 11.5 Å². The molecule has 11 nitrogen and oxygen atoms in total. The number of amides is 1. The second-order valence-corrected chi connectivity index (χ2v) is 8.74. The summed E-state index contributed by atoms with van der Waals surface area (Å²) in [6, 6.07) is 2.33. The maximum Gasteiger partial charge on any atom is 0.263 e. The van der Waals surface area contributed by atoms with Gasteiger partial charge in [0.2, 0.25) is 0 Å². The summed E-state index contributed by atoms with van der Waals surface area (Å²) in [5, 5.41) is 7.36. The topological polar surface area (TPSA) is 126 Å². The number of nitrogens with zero attached hydrogens (tertiary/aromatic N) is 7. The maximum absolute atomic E-state index is 13.3. The molecule has 1 fully saturated rings. The van der Waals surface area contributed by atoms with Gasteiger partial charge in [-0.2, -0.15) is 0 Å². The van der Waals surface area contributed by atoms with Gasteiger partial charge in [-0.05, 0) is 13.1 Å². The van der Waals surface area contributed by atoms with Crippen molar-refractivity contribution in [3.63, 3.8) is 0 Å². The molecule has 0 radical (unpaired) electrons. The molecule has 1 amide bonds. The van der Waals surface area contributed by atoms with Crippen molar-refractivity contribution in [1.82, 2.24) is 29.4 Å². The summed E-state index contributed by atoms with van der Waals surface area (Å²) in [6.07, 6.45) is 7.98. The zero-order chi connectivity index (χ0) is 22.5. The van der Waals surface area contributed by atoms with Gasteiger partial charge in [0.25, 0.3) is 5.91 Å². The van der Waals surface area contributed by atoms with Crippen molar-refractivity contribution >= 4 is 29.3 Å². The largest absolute Gasteiger partial charge is 0.381 e. The van der Waals surface area contributed by atoms with Gasteiger partial charge < -0.3 is 15.8 Å². The maximum atomic E-state index is 13.3. The number of carbonyl (C=O) groups excluding carboxylic acids is 1. The summed E-state index contributed by atoms with van der Waals surface area (Å²) < 4.78 is 6.95. The third-order valence-electron chi connectivity index (χ3n) is 6.62. The minimum atomic E-state index is -0.356. The van der Waals surface area contributed by atoms with Crippen LogP contribution in [0.1, 0.15) is 33.2 Å². The molecule has 3 aliphatic rings. The van der Waals surface area contributed by atoms with Crippen molar-refractivity contribution in [2.24, 2.45) is 4.99 Å². The van der Waals surface area contributed by atoms with E-state index < -0.39 is 0 Å². The number of carbonyl (C=O) groups is 1. The number of aliphatic imine (C=N–C) groups is 1. The second kappa shape index (κ2) is 7.87. The van der Waals surface area contributed by atoms with E-state index in [4.69, 9.17) is 15.5 Å². The minimum Gasteiger partial charge on any atom is -0.381 e. The first-order chi connectivity index (χ1) is 16.1. The van der Waals surface area contributed by atoms with E-state index in [-0.39, 0.29) is 23.3 Å². The first-order valence-corrected chi connectivity index (χ1v) is 11.0. The third-order valence-corrected chi connectivity index (χ3v) is 6.62. The predicted molar refractivity (Wildman–Crippen MR) is 122 cm³/mol. The van der Waals surface area contributed by atoms with Crippen LogP contribution in [0.3, 0.4) is 0 Å². The van der Waals surface area contributed by atoms with E-state index >= 15 is 0 Å². The van der Waals surface area contributed by atoms with Crippen LogP contribution in [0.25, 0.3) is 5.65 Å². The van der Waals surface area contributed by atoms with Gasteiger partial charge in [-0.25, -0.2) is 9.50 Å². The Labute approximate surface area is 190 Å². The fourth-order valence-corrected chi connectivity index (χ4v) is 4.67. The average molecular weight is 448 g/mol. The SMILES string of the molecule is CN1CN=CC1c1ccncc1NC(=O)c1c(N)nn2cc3c(nc12)CCN(C1COC1)C3. The molecule has 0 saturated carbocycles. The Hall–Kier alpha value is -3.41. The summed E-state index contributed by atoms with van der Waals surface area (Å²) in [4.78, 5) is 31.2. The Bertz CT molecular complexity index is 1270. The predicted octanol–water partition coefficient (Wildman–Crippen LogP) is 0.730. The zero-order valence-electron chi connectivity index (χ0n) is 18.3. The summed E-state index contributed by atoms with van der Waals surface area (Å²) in [5.74, 6) is -0.206. The monoisotopic (exact) mass is 447 g/mol. The van der Waals surface area contributed by atoms with Crippen LogP contribution in [-0.2, 0) is 17.7 Å². The fraction of sp³-hybridized carbons (Fsp3) is 0.409. The van der Waals surface area contributed by atoms with Crippen LogP contribution in [0.5, 0.6) is 0 Å². The van der Waals surface area contributed by atoms with Crippen LogP contribution in [0.4, 0.5) is 11.5 Å². The molecule has 11 heteroatoms. The Morgan fingerprint density at radius 3 is 2.97 bits per heavy atom. The first-order valence-electron chi connectivity index (χ1n) is 11.0. The van der Waals surface area contributed by atoms with Crippen molar-refractivity contribution in [2.45, 2.75) is 25.0 Å². The Kier molecular flexibility index (Phi) is 4.82. The lowest BCUT2D eigenvalue weighted by molar-refractivity contribution is -0.0697. The number of aromatic nitrogens is 4. The second-order valence-electron chi connectivity index (χ2n) is 8.74. The normalized spacial score (nSPS) is 21.3. The number of nitrogens with two attached hydrogens (primary N) is 1. The highest BCUT2D eigenvalue weighted by Crippen LogP contribution is 2.29. The lowest BCUT2D eigenvalue weighted by atomic mass is 10.0. The molecule has 0 aromatic carbocycles. The van der Waals surface area contributed by atoms with Crippen LogP contribution >= 0.6 is 0 Å². The van der Waals surface area contributed by atoms with Gasteiger partial charge in [-0.1, -0.05) is 0 Å². The molecule has 0 bridgehead atoms. The van der Waals surface area contributed by atoms with E-state index in [1.54, 1.807) is 16.9 Å². The Morgan fingerprint density at radius 2 is 2.21 bits per heavy atom. The van der Waals surface area contributed by atoms with E-state index in [1.807, 2.05) is 25.5 Å². The molecular weight excluding hydrogens is 422 g/mol. The number of ether oxygens (including phenoxy) is 1. The minimum absolute atomic E-state index is 0.0290. The average Bonchev–Trinajstić information content (AvgIpc) is 3.33. The number of fused-ring (bicyclic) bond motifs is 2. The van der Waals surface area contributed by atoms with E-state index in [9.17, 15) is 4.79 Å². The van der Waals surface area contributed by atoms with Crippen molar-refractivity contribution in [1.29, 1.82) is 0 Å². The molecule has 6 rings (SSSR count). The summed E-state index contributed by atoms with van der Waals surface area (Å²) >= 11 is 0. The van der Waals surface area contributed by atoms with Crippen LogP contribution in [0, 0.1) is 0 Å². The van der Waals surface area contributed by atoms with Crippen molar-refractivity contribution in [3.8, 4) is 0 Å². The fourth-order valence-electron chi connectivity index (χ4n) is 4.67. The lowest BCUT2D eigenvalue weighted by Crippen LogP contribution is -2.50. The molecule has 3 aliphatic heterocycles. The zero-order valence-corrected chi connectivity index (χ0v) is 18.3. The number of nitrogen functional groups attached to an aromatic ring is 1. The third kappa shape index (κ3) is 3.45. The summed E-state index contributed by atoms with van der Waals surface area (Å²) in [7, 11) is 1.99. The summed E-state index contributed by atoms with van der Waals surface area (Å²) in [6.45, 7) is 3.89. The van der Waals surface area contributed by atoms with Gasteiger partial charge >= 0.3 is 0 Å². The highest BCUT2D eigenvalue weighted by atomic mass is 16.5. The standard InChI is InChI=1S/C22H25N9O2/c1-29-12-25-7-18(29)15-2-4-24-6-17(15)27-22(32)19-20(23)28-31-9-13-8-30(14-10-33-11-14)5-3-16(13)26-21(19)31/h2,4,6-7,9,14,18H,3,5,8,10-12H2,1H3,(H2,23,28)(H,27,32). The molecule has 3 aromatic heterocycles. The number of rotatable bonds is 4. The number of anilines is 2. The molecule has 1 unspecified atom stereocenters. The highest BCUT2D eigenvalue weighted by molar-refractivity contribution is 6.11. The molecule has 3 aromatic rings. The number of hydrogen-bond donors (Lipinski definition) is 2. The molecular formula is C22H25N9O2. The molecule has 1 saturated heterocycles. The van der Waals surface area contributed by atoms with Gasteiger partial charge in [0.05, 0.1) is 49.5 Å². The van der Waals surface area contributed by atoms with E-state index in [0.29, 0.717) is 24.0 Å². The molecule has 6 heterocycles. The summed E-state index contributed by atoms with van der Waals surface area (Å²) in [5.41, 5.74) is 10.6. The van der Waals surface area contributed by atoms with Gasteiger partial charge in [-0.15, -0.1) is 5.10 Å². The van der Waals surface area contributed by atoms with Gasteiger partial charge in [-0.3, -0.25) is 24.6 Å². The van der Waals surface area contributed by atoms with Gasteiger partial charge in [0.1, 0.15) is 5.56 Å². The number of hydrogen-bond acceptors (Lipinski definition) is 9. The molecule has 0 spiro atoms. The lowest BCUT2D eigenvalue weighted by Gasteiger charge is -2.39. The van der Waals surface area contributed by atoms with Crippen LogP contribution in [-0.4, -0.2) is 81.0 Å². The first kappa shape index (κ1) is 20.2. The highest BCUT2D eigenvalue weighted by Gasteiger charge is 2.31. The molecule has 33 heavy (non-hydrogen) atoms. The van der Waals surface area contributed by atoms with E-state index in [2.05, 4.69) is 30.2 Å². The quantitative estimate of drug-likeness (QED) is 0.600. The van der Waals surface area contributed by atoms with Crippen LogP contribution in [0.2, 0.25) is 0 Å². The number of pyridine rings is 1. The van der Waals surface area contributed by atoms with E-state index in [0.717, 1.165) is 49.5 Å². The molecule has 3 N–H and O–H groups in total. The van der Waals surface area contributed by atoms with E-state index in [1.165, 1.54) is 0 Å². The Balaban J connectivity index is 1.31. The smallest absolute Gasteiger partial charge is 0.263 e. The van der Waals surface area contributed by atoms with Crippen LogP contribution < -0.4 is 11.1 Å². The van der Waals surface area contributed by atoms with Crippen molar-refractivity contribution < 1.29 is 9.53 Å². The molecule has 170 valence electrons. The number of nitrogens with one attached hydrogen (secondary N) is 1. The van der Waals surface area contributed by atoms with Crippen molar-refractivity contribution in [2.75, 3.05) is 44.5 Å². The molecule has 0 aliphatic carbocycles. The van der Waals surface area contributed by atoms with Crippen molar-refractivity contribution in [3.05, 3.63) is 47.0 Å². The van der Waals surface area contributed by atoms with Gasteiger partial charge in [0, 0.05) is 49.2 Å². The Morgan fingerprint density at radius 1 is 1.33 bits per heavy atom. The van der Waals surface area contributed by atoms with Crippen LogP contribution in [0.15, 0.2) is 29.6 Å². The molecule has 1 atom stereocenters.